The molecular weight excluding hydrogens is 360 g/mol. The summed E-state index contributed by atoms with van der Waals surface area (Å²) >= 11 is 0. The van der Waals surface area contributed by atoms with Crippen molar-refractivity contribution in [2.24, 2.45) is 0 Å². The quantitative estimate of drug-likeness (QED) is 0.608. The standard InChI is InChI=1S/C21H24N2O5/c1-5-27-18(24)16-10-11-28-17(16)12-23-19(25)21(4,22-20(23)26)15-8-6-14(7-9-15)13(2)3/h6-11,13H,5,12H2,1-4H3,(H,22,26). The Morgan fingerprint density at radius 1 is 1.21 bits per heavy atom. The van der Waals surface area contributed by atoms with Crippen LogP contribution in [0.5, 0.6) is 0 Å². The van der Waals surface area contributed by atoms with Crippen LogP contribution in [0.25, 0.3) is 0 Å². The van der Waals surface area contributed by atoms with Gasteiger partial charge in [-0.3, -0.25) is 9.69 Å². The van der Waals surface area contributed by atoms with Crippen molar-refractivity contribution in [1.29, 1.82) is 0 Å². The summed E-state index contributed by atoms with van der Waals surface area (Å²) in [5, 5.41) is 2.76. The van der Waals surface area contributed by atoms with E-state index in [2.05, 4.69) is 19.2 Å². The number of carbonyl (C=O) groups excluding carboxylic acids is 3. The van der Waals surface area contributed by atoms with Crippen LogP contribution in [0.2, 0.25) is 0 Å². The number of hydrogen-bond donors (Lipinski definition) is 1. The van der Waals surface area contributed by atoms with E-state index in [4.69, 9.17) is 9.15 Å². The van der Waals surface area contributed by atoms with Gasteiger partial charge in [0.05, 0.1) is 19.4 Å². The molecule has 0 aliphatic carbocycles. The number of esters is 1. The number of imide groups is 1. The first-order chi connectivity index (χ1) is 13.3. The van der Waals surface area contributed by atoms with Gasteiger partial charge in [0.2, 0.25) is 0 Å². The number of nitrogens with zero attached hydrogens (tertiary/aromatic N) is 1. The first kappa shape index (κ1) is 19.7. The number of furan rings is 1. The van der Waals surface area contributed by atoms with Crippen LogP contribution in [-0.4, -0.2) is 29.4 Å². The highest BCUT2D eigenvalue weighted by Crippen LogP contribution is 2.31. The average molecular weight is 384 g/mol. The molecule has 2 aromatic rings. The Bertz CT molecular complexity index is 900. The van der Waals surface area contributed by atoms with E-state index in [0.717, 1.165) is 10.5 Å². The van der Waals surface area contributed by atoms with Gasteiger partial charge in [-0.2, -0.15) is 0 Å². The van der Waals surface area contributed by atoms with E-state index in [1.807, 2.05) is 24.3 Å². The number of hydrogen-bond acceptors (Lipinski definition) is 5. The van der Waals surface area contributed by atoms with Gasteiger partial charge in [0, 0.05) is 0 Å². The van der Waals surface area contributed by atoms with Crippen molar-refractivity contribution >= 4 is 17.9 Å². The molecule has 1 N–H and O–H groups in total. The maximum absolute atomic E-state index is 13.1. The van der Waals surface area contributed by atoms with Crippen LogP contribution in [0.3, 0.4) is 0 Å². The summed E-state index contributed by atoms with van der Waals surface area (Å²) in [5.41, 5.74) is 0.874. The number of ether oxygens (including phenoxy) is 1. The number of amides is 3. The normalized spacial score (nSPS) is 19.2. The van der Waals surface area contributed by atoms with Gasteiger partial charge in [0.1, 0.15) is 16.9 Å². The third-order valence-corrected chi connectivity index (χ3v) is 4.97. The second-order valence-corrected chi connectivity index (χ2v) is 7.20. The Kier molecular flexibility index (Phi) is 5.27. The van der Waals surface area contributed by atoms with Crippen LogP contribution in [0, 0.1) is 0 Å². The van der Waals surface area contributed by atoms with Gasteiger partial charge in [-0.15, -0.1) is 0 Å². The Balaban J connectivity index is 1.84. The molecule has 148 valence electrons. The zero-order valence-corrected chi connectivity index (χ0v) is 16.4. The molecule has 3 amide bonds. The minimum absolute atomic E-state index is 0.147. The molecule has 2 heterocycles. The Labute approximate surface area is 163 Å². The predicted molar refractivity (Wildman–Crippen MR) is 102 cm³/mol. The van der Waals surface area contributed by atoms with Gasteiger partial charge in [-0.05, 0) is 37.0 Å². The van der Waals surface area contributed by atoms with Crippen molar-refractivity contribution in [3.63, 3.8) is 0 Å². The first-order valence-corrected chi connectivity index (χ1v) is 9.26. The number of benzene rings is 1. The molecule has 0 saturated carbocycles. The molecule has 1 aromatic carbocycles. The van der Waals surface area contributed by atoms with Crippen molar-refractivity contribution in [2.45, 2.75) is 45.7 Å². The summed E-state index contributed by atoms with van der Waals surface area (Å²) in [6.45, 7) is 7.62. The third-order valence-electron chi connectivity index (χ3n) is 4.97. The highest BCUT2D eigenvalue weighted by atomic mass is 16.5. The number of carbonyl (C=O) groups is 3. The van der Waals surface area contributed by atoms with Gasteiger partial charge in [0.15, 0.2) is 0 Å². The lowest BCUT2D eigenvalue weighted by atomic mass is 9.90. The fourth-order valence-electron chi connectivity index (χ4n) is 3.23. The Morgan fingerprint density at radius 3 is 2.50 bits per heavy atom. The van der Waals surface area contributed by atoms with Crippen LogP contribution in [0.4, 0.5) is 4.79 Å². The molecule has 1 saturated heterocycles. The largest absolute Gasteiger partial charge is 0.467 e. The van der Waals surface area contributed by atoms with E-state index in [9.17, 15) is 14.4 Å². The number of urea groups is 1. The minimum atomic E-state index is -1.18. The lowest BCUT2D eigenvalue weighted by Gasteiger charge is -2.22. The van der Waals surface area contributed by atoms with Gasteiger partial charge in [-0.1, -0.05) is 38.1 Å². The summed E-state index contributed by atoms with van der Waals surface area (Å²) in [4.78, 5) is 38.7. The van der Waals surface area contributed by atoms with Crippen molar-refractivity contribution in [3.8, 4) is 0 Å². The van der Waals surface area contributed by atoms with Crippen LogP contribution in [0.1, 0.15) is 60.9 Å². The SMILES string of the molecule is CCOC(=O)c1ccoc1CN1C(=O)NC(C)(c2ccc(C(C)C)cc2)C1=O. The van der Waals surface area contributed by atoms with Gasteiger partial charge >= 0.3 is 12.0 Å². The summed E-state index contributed by atoms with van der Waals surface area (Å²) in [6.07, 6.45) is 1.34. The second kappa shape index (κ2) is 7.50. The van der Waals surface area contributed by atoms with E-state index in [1.165, 1.54) is 12.3 Å². The zero-order chi connectivity index (χ0) is 20.5. The molecule has 28 heavy (non-hydrogen) atoms. The van der Waals surface area contributed by atoms with Crippen LogP contribution in [-0.2, 0) is 21.6 Å². The molecule has 0 bridgehead atoms. The van der Waals surface area contributed by atoms with E-state index in [1.54, 1.807) is 13.8 Å². The molecular formula is C21H24N2O5. The van der Waals surface area contributed by atoms with Crippen molar-refractivity contribution in [1.82, 2.24) is 10.2 Å². The molecule has 1 aliphatic rings. The predicted octanol–water partition coefficient (Wildman–Crippen LogP) is 3.55. The molecule has 1 aliphatic heterocycles. The van der Waals surface area contributed by atoms with E-state index in [0.29, 0.717) is 11.5 Å². The molecule has 7 nitrogen and oxygen atoms in total. The van der Waals surface area contributed by atoms with E-state index >= 15 is 0 Å². The summed E-state index contributed by atoms with van der Waals surface area (Å²) in [6, 6.07) is 8.56. The lowest BCUT2D eigenvalue weighted by Crippen LogP contribution is -2.40. The lowest BCUT2D eigenvalue weighted by molar-refractivity contribution is -0.131. The van der Waals surface area contributed by atoms with Crippen LogP contribution >= 0.6 is 0 Å². The molecule has 0 radical (unpaired) electrons. The topological polar surface area (TPSA) is 88.8 Å². The Hall–Kier alpha value is -3.09. The zero-order valence-electron chi connectivity index (χ0n) is 16.4. The van der Waals surface area contributed by atoms with Gasteiger partial charge < -0.3 is 14.5 Å². The first-order valence-electron chi connectivity index (χ1n) is 9.26. The fourth-order valence-corrected chi connectivity index (χ4v) is 3.23. The minimum Gasteiger partial charge on any atom is -0.467 e. The molecule has 7 heteroatoms. The van der Waals surface area contributed by atoms with Gasteiger partial charge in [-0.25, -0.2) is 9.59 Å². The number of nitrogens with one attached hydrogen (secondary N) is 1. The molecule has 3 rings (SSSR count). The molecule has 1 unspecified atom stereocenters. The molecule has 1 fully saturated rings. The summed E-state index contributed by atoms with van der Waals surface area (Å²) in [5.74, 6) is -0.375. The Morgan fingerprint density at radius 2 is 1.89 bits per heavy atom. The third kappa shape index (κ3) is 3.40. The highest BCUT2D eigenvalue weighted by Gasteiger charge is 2.49. The maximum atomic E-state index is 13.1. The number of rotatable bonds is 6. The summed E-state index contributed by atoms with van der Waals surface area (Å²) < 4.78 is 10.3. The van der Waals surface area contributed by atoms with Crippen molar-refractivity contribution < 1.29 is 23.5 Å². The van der Waals surface area contributed by atoms with Crippen molar-refractivity contribution in [3.05, 3.63) is 59.0 Å². The second-order valence-electron chi connectivity index (χ2n) is 7.20. The molecule has 1 atom stereocenters. The molecule has 0 spiro atoms. The molecule has 1 aromatic heterocycles. The van der Waals surface area contributed by atoms with Crippen LogP contribution < -0.4 is 5.32 Å². The monoisotopic (exact) mass is 384 g/mol. The maximum Gasteiger partial charge on any atom is 0.341 e. The van der Waals surface area contributed by atoms with Gasteiger partial charge in [0.25, 0.3) is 5.91 Å². The van der Waals surface area contributed by atoms with E-state index < -0.39 is 23.4 Å². The highest BCUT2D eigenvalue weighted by molar-refractivity contribution is 6.07. The summed E-state index contributed by atoms with van der Waals surface area (Å²) in [7, 11) is 0. The fraction of sp³-hybridized carbons (Fsp3) is 0.381. The van der Waals surface area contributed by atoms with Crippen molar-refractivity contribution in [2.75, 3.05) is 6.61 Å². The average Bonchev–Trinajstić information content (AvgIpc) is 3.21. The van der Waals surface area contributed by atoms with E-state index in [-0.39, 0.29) is 24.5 Å². The van der Waals surface area contributed by atoms with Crippen LogP contribution in [0.15, 0.2) is 41.0 Å². The smallest absolute Gasteiger partial charge is 0.341 e.